The summed E-state index contributed by atoms with van der Waals surface area (Å²) >= 11 is 0. The predicted molar refractivity (Wildman–Crippen MR) is 105 cm³/mol. The van der Waals surface area contributed by atoms with E-state index in [-0.39, 0.29) is 23.1 Å². The van der Waals surface area contributed by atoms with Gasteiger partial charge in [-0.1, -0.05) is 24.3 Å². The van der Waals surface area contributed by atoms with E-state index >= 15 is 0 Å². The van der Waals surface area contributed by atoms with Crippen LogP contribution >= 0.6 is 0 Å². The summed E-state index contributed by atoms with van der Waals surface area (Å²) in [5.74, 6) is 0.491. The molecule has 142 valence electrons. The number of likely N-dealkylation sites (tertiary alicyclic amines) is 1. The van der Waals surface area contributed by atoms with Crippen LogP contribution in [-0.4, -0.2) is 41.4 Å². The SMILES string of the molecule is CNC(=O)CC1CC2(CCN(C(=O)c3cccn3C)CC2)c2ccccc21. The van der Waals surface area contributed by atoms with Crippen molar-refractivity contribution in [2.24, 2.45) is 7.05 Å². The fourth-order valence-electron chi connectivity index (χ4n) is 4.99. The molecule has 1 spiro atoms. The van der Waals surface area contributed by atoms with Crippen molar-refractivity contribution < 1.29 is 9.59 Å². The van der Waals surface area contributed by atoms with E-state index in [4.69, 9.17) is 0 Å². The van der Waals surface area contributed by atoms with Crippen LogP contribution in [0.1, 0.15) is 53.2 Å². The summed E-state index contributed by atoms with van der Waals surface area (Å²) in [6.45, 7) is 1.54. The van der Waals surface area contributed by atoms with Crippen molar-refractivity contribution in [2.75, 3.05) is 20.1 Å². The van der Waals surface area contributed by atoms with Crippen molar-refractivity contribution in [1.29, 1.82) is 0 Å². The second-order valence-corrected chi connectivity index (χ2v) is 7.94. The summed E-state index contributed by atoms with van der Waals surface area (Å²) in [5.41, 5.74) is 3.56. The van der Waals surface area contributed by atoms with Gasteiger partial charge in [0.1, 0.15) is 5.69 Å². The van der Waals surface area contributed by atoms with Crippen molar-refractivity contribution in [3.63, 3.8) is 0 Å². The van der Waals surface area contributed by atoms with Crippen molar-refractivity contribution >= 4 is 11.8 Å². The second kappa shape index (κ2) is 6.87. The molecule has 1 saturated heterocycles. The van der Waals surface area contributed by atoms with E-state index in [1.165, 1.54) is 11.1 Å². The monoisotopic (exact) mass is 365 g/mol. The zero-order valence-corrected chi connectivity index (χ0v) is 16.1. The lowest BCUT2D eigenvalue weighted by molar-refractivity contribution is -0.121. The number of fused-ring (bicyclic) bond motifs is 2. The molecular formula is C22H27N3O2. The number of piperidine rings is 1. The van der Waals surface area contributed by atoms with E-state index in [1.807, 2.05) is 34.8 Å². The van der Waals surface area contributed by atoms with Crippen LogP contribution < -0.4 is 5.32 Å². The standard InChI is InChI=1S/C22H27N3O2/c1-23-20(26)14-16-15-22(18-7-4-3-6-17(16)18)9-12-25(13-10-22)21(27)19-8-5-11-24(19)2/h3-8,11,16H,9-10,12-15H2,1-2H3,(H,23,26). The van der Waals surface area contributed by atoms with E-state index in [0.717, 1.165) is 38.0 Å². The topological polar surface area (TPSA) is 54.3 Å². The molecule has 2 heterocycles. The van der Waals surface area contributed by atoms with Crippen LogP contribution in [0.4, 0.5) is 0 Å². The highest BCUT2D eigenvalue weighted by atomic mass is 16.2. The third kappa shape index (κ3) is 3.05. The van der Waals surface area contributed by atoms with Crippen molar-refractivity contribution in [3.8, 4) is 0 Å². The molecule has 0 bridgehead atoms. The Morgan fingerprint density at radius 3 is 2.56 bits per heavy atom. The summed E-state index contributed by atoms with van der Waals surface area (Å²) in [4.78, 5) is 26.8. The van der Waals surface area contributed by atoms with Crippen molar-refractivity contribution in [1.82, 2.24) is 14.8 Å². The lowest BCUT2D eigenvalue weighted by Gasteiger charge is -2.40. The first-order valence-electron chi connectivity index (χ1n) is 9.75. The first kappa shape index (κ1) is 17.8. The van der Waals surface area contributed by atoms with E-state index in [9.17, 15) is 9.59 Å². The number of amides is 2. The minimum absolute atomic E-state index is 0.0975. The van der Waals surface area contributed by atoms with Crippen LogP contribution in [0.2, 0.25) is 0 Å². The number of carbonyl (C=O) groups is 2. The van der Waals surface area contributed by atoms with Crippen LogP contribution in [0.5, 0.6) is 0 Å². The second-order valence-electron chi connectivity index (χ2n) is 7.94. The first-order chi connectivity index (χ1) is 13.0. The normalized spacial score (nSPS) is 20.5. The molecular weight excluding hydrogens is 338 g/mol. The summed E-state index contributed by atoms with van der Waals surface area (Å²) in [6.07, 6.45) is 5.39. The molecule has 2 aromatic rings. The van der Waals surface area contributed by atoms with E-state index < -0.39 is 0 Å². The van der Waals surface area contributed by atoms with E-state index in [0.29, 0.717) is 6.42 Å². The van der Waals surface area contributed by atoms with E-state index in [2.05, 4.69) is 29.6 Å². The van der Waals surface area contributed by atoms with Gasteiger partial charge in [0, 0.05) is 39.8 Å². The Bertz CT molecular complexity index is 862. The van der Waals surface area contributed by atoms with Gasteiger partial charge in [-0.3, -0.25) is 9.59 Å². The molecule has 2 aliphatic rings. The highest BCUT2D eigenvalue weighted by molar-refractivity contribution is 5.92. The molecule has 0 saturated carbocycles. The Morgan fingerprint density at radius 2 is 1.89 bits per heavy atom. The van der Waals surface area contributed by atoms with Crippen LogP contribution in [0, 0.1) is 0 Å². The minimum atomic E-state index is 0.0975. The van der Waals surface area contributed by atoms with Crippen LogP contribution in [-0.2, 0) is 17.3 Å². The fraction of sp³-hybridized carbons (Fsp3) is 0.455. The molecule has 1 aliphatic carbocycles. The number of hydrogen-bond donors (Lipinski definition) is 1. The maximum atomic E-state index is 12.8. The van der Waals surface area contributed by atoms with Crippen LogP contribution in [0.3, 0.4) is 0 Å². The minimum Gasteiger partial charge on any atom is -0.359 e. The summed E-state index contributed by atoms with van der Waals surface area (Å²) in [6, 6.07) is 12.4. The number of nitrogens with one attached hydrogen (secondary N) is 1. The van der Waals surface area contributed by atoms with Crippen LogP contribution in [0.25, 0.3) is 0 Å². The lowest BCUT2D eigenvalue weighted by Crippen LogP contribution is -2.44. The third-order valence-corrected chi connectivity index (χ3v) is 6.49. The Hall–Kier alpha value is -2.56. The molecule has 1 aromatic carbocycles. The molecule has 1 aliphatic heterocycles. The van der Waals surface area contributed by atoms with Gasteiger partial charge in [0.25, 0.3) is 5.91 Å². The largest absolute Gasteiger partial charge is 0.359 e. The highest BCUT2D eigenvalue weighted by Gasteiger charge is 2.46. The average Bonchev–Trinajstić information content (AvgIpc) is 3.24. The number of hydrogen-bond acceptors (Lipinski definition) is 2. The Morgan fingerprint density at radius 1 is 1.15 bits per heavy atom. The van der Waals surface area contributed by atoms with Gasteiger partial charge in [-0.25, -0.2) is 0 Å². The summed E-state index contributed by atoms with van der Waals surface area (Å²) in [7, 11) is 3.61. The van der Waals surface area contributed by atoms with E-state index in [1.54, 1.807) is 7.05 Å². The van der Waals surface area contributed by atoms with Gasteiger partial charge >= 0.3 is 0 Å². The maximum absolute atomic E-state index is 12.8. The Labute approximate surface area is 160 Å². The number of aromatic nitrogens is 1. The third-order valence-electron chi connectivity index (χ3n) is 6.49. The van der Waals surface area contributed by atoms with Gasteiger partial charge < -0.3 is 14.8 Å². The highest BCUT2D eigenvalue weighted by Crippen LogP contribution is 2.52. The van der Waals surface area contributed by atoms with Crippen molar-refractivity contribution in [2.45, 2.75) is 37.0 Å². The van der Waals surface area contributed by atoms with Gasteiger partial charge in [0.05, 0.1) is 0 Å². The molecule has 0 radical (unpaired) electrons. The van der Waals surface area contributed by atoms with Gasteiger partial charge in [-0.15, -0.1) is 0 Å². The molecule has 1 unspecified atom stereocenters. The Balaban J connectivity index is 1.53. The average molecular weight is 365 g/mol. The van der Waals surface area contributed by atoms with Gasteiger partial charge in [0.15, 0.2) is 0 Å². The summed E-state index contributed by atoms with van der Waals surface area (Å²) < 4.78 is 1.89. The van der Waals surface area contributed by atoms with Gasteiger partial charge in [-0.2, -0.15) is 0 Å². The molecule has 1 aromatic heterocycles. The molecule has 5 nitrogen and oxygen atoms in total. The van der Waals surface area contributed by atoms with Crippen LogP contribution in [0.15, 0.2) is 42.6 Å². The number of rotatable bonds is 3. The smallest absolute Gasteiger partial charge is 0.270 e. The summed E-state index contributed by atoms with van der Waals surface area (Å²) in [5, 5.41) is 2.76. The van der Waals surface area contributed by atoms with Gasteiger partial charge in [0.2, 0.25) is 5.91 Å². The molecule has 4 rings (SSSR count). The zero-order valence-electron chi connectivity index (χ0n) is 16.1. The number of benzene rings is 1. The molecule has 1 atom stereocenters. The lowest BCUT2D eigenvalue weighted by atomic mass is 9.73. The number of carbonyl (C=O) groups excluding carboxylic acids is 2. The molecule has 1 fully saturated rings. The molecule has 5 heteroatoms. The van der Waals surface area contributed by atoms with Gasteiger partial charge in [-0.05, 0) is 53.9 Å². The molecule has 2 amide bonds. The fourth-order valence-corrected chi connectivity index (χ4v) is 4.99. The quantitative estimate of drug-likeness (QED) is 0.909. The molecule has 1 N–H and O–H groups in total. The predicted octanol–water partition coefficient (Wildman–Crippen LogP) is 2.82. The zero-order chi connectivity index (χ0) is 19.0. The Kier molecular flexibility index (Phi) is 4.54. The van der Waals surface area contributed by atoms with Crippen molar-refractivity contribution in [3.05, 3.63) is 59.4 Å². The number of aryl methyl sites for hydroxylation is 1. The number of nitrogens with zero attached hydrogens (tertiary/aromatic N) is 2. The maximum Gasteiger partial charge on any atom is 0.270 e. The molecule has 27 heavy (non-hydrogen) atoms. The first-order valence-corrected chi connectivity index (χ1v) is 9.75.